The third kappa shape index (κ3) is 6.19. The summed E-state index contributed by atoms with van der Waals surface area (Å²) in [6.07, 6.45) is 0.318. The zero-order valence-electron chi connectivity index (χ0n) is 21.4. The van der Waals surface area contributed by atoms with Crippen molar-refractivity contribution in [3.05, 3.63) is 119 Å². The monoisotopic (exact) mass is 509 g/mol. The summed E-state index contributed by atoms with van der Waals surface area (Å²) in [7, 11) is 1.86. The van der Waals surface area contributed by atoms with Crippen LogP contribution in [0.15, 0.2) is 91.0 Å². The molecule has 1 aromatic heterocycles. The maximum atomic E-state index is 9.16. The topological polar surface area (TPSA) is 85.7 Å². The molecule has 0 saturated carbocycles. The number of nitrogens with zero attached hydrogens (tertiary/aromatic N) is 1. The lowest BCUT2D eigenvalue weighted by Crippen LogP contribution is -2.15. The van der Waals surface area contributed by atoms with Crippen LogP contribution in [0.3, 0.4) is 0 Å². The normalized spacial score (nSPS) is 13.3. The lowest BCUT2D eigenvalue weighted by Gasteiger charge is -2.19. The van der Waals surface area contributed by atoms with Gasteiger partial charge in [0.25, 0.3) is 0 Å². The van der Waals surface area contributed by atoms with E-state index in [1.807, 2.05) is 92.0 Å². The predicted octanol–water partition coefficient (Wildman–Crippen LogP) is 5.61. The number of aromatic nitrogens is 1. The maximum absolute atomic E-state index is 9.16. The van der Waals surface area contributed by atoms with Gasteiger partial charge in [-0.25, -0.2) is 0 Å². The molecule has 0 amide bonds. The highest BCUT2D eigenvalue weighted by atomic mass is 16.7. The number of benzene rings is 3. The molecular weight excluding hydrogens is 478 g/mol. The van der Waals surface area contributed by atoms with Crippen LogP contribution in [0.5, 0.6) is 11.8 Å². The number of pyridine rings is 1. The van der Waals surface area contributed by atoms with Crippen LogP contribution < -0.4 is 14.8 Å². The first-order chi connectivity index (χ1) is 18.7. The summed E-state index contributed by atoms with van der Waals surface area (Å²) < 4.78 is 23.4. The van der Waals surface area contributed by atoms with Gasteiger partial charge in [-0.2, -0.15) is 4.98 Å². The van der Waals surface area contributed by atoms with Gasteiger partial charge in [0.15, 0.2) is 6.29 Å². The third-order valence-corrected chi connectivity index (χ3v) is 6.30. The highest BCUT2D eigenvalue weighted by molar-refractivity contribution is 6.15. The Kier molecular flexibility index (Phi) is 8.28. The van der Waals surface area contributed by atoms with E-state index in [4.69, 9.17) is 24.4 Å². The molecular formula is C31H31N3O4. The van der Waals surface area contributed by atoms with Gasteiger partial charge in [-0.15, -0.1) is 0 Å². The number of para-hydroxylation sites is 1. The van der Waals surface area contributed by atoms with Crippen LogP contribution in [0.25, 0.3) is 0 Å². The van der Waals surface area contributed by atoms with Crippen LogP contribution in [-0.4, -0.2) is 37.2 Å². The van der Waals surface area contributed by atoms with E-state index in [1.165, 1.54) is 0 Å². The lowest BCUT2D eigenvalue weighted by molar-refractivity contribution is -0.0398. The molecule has 2 heterocycles. The van der Waals surface area contributed by atoms with E-state index >= 15 is 0 Å². The number of nitrogens with one attached hydrogen (secondary N) is 2. The molecule has 2 N–H and O–H groups in total. The minimum absolute atomic E-state index is 0.279. The number of ether oxygens (including phenoxy) is 4. The molecule has 194 valence electrons. The SMILES string of the molecule is CNc1c(CC2OCCO2)cccc1C(=N)c1ccc(OCc2ccccc2)nc1OCc1ccccc1. The van der Waals surface area contributed by atoms with Crippen molar-refractivity contribution in [3.8, 4) is 11.8 Å². The van der Waals surface area contributed by atoms with E-state index in [2.05, 4.69) is 10.3 Å². The van der Waals surface area contributed by atoms with Crippen molar-refractivity contribution in [2.45, 2.75) is 25.9 Å². The number of hydrogen-bond donors (Lipinski definition) is 2. The van der Waals surface area contributed by atoms with Gasteiger partial charge >= 0.3 is 0 Å². The molecule has 3 aromatic carbocycles. The van der Waals surface area contributed by atoms with Crippen LogP contribution in [0.2, 0.25) is 0 Å². The molecule has 38 heavy (non-hydrogen) atoms. The van der Waals surface area contributed by atoms with Crippen molar-refractivity contribution in [2.75, 3.05) is 25.6 Å². The van der Waals surface area contributed by atoms with Gasteiger partial charge in [0.1, 0.15) is 13.2 Å². The fourth-order valence-corrected chi connectivity index (χ4v) is 4.39. The molecule has 1 aliphatic rings. The van der Waals surface area contributed by atoms with Gasteiger partial charge in [0, 0.05) is 30.8 Å². The Balaban J connectivity index is 1.43. The smallest absolute Gasteiger partial charge is 0.226 e. The Morgan fingerprint density at radius 3 is 2.13 bits per heavy atom. The number of rotatable bonds is 11. The average Bonchev–Trinajstić information content (AvgIpc) is 3.49. The van der Waals surface area contributed by atoms with Crippen LogP contribution in [0.1, 0.15) is 27.8 Å². The van der Waals surface area contributed by atoms with Crippen molar-refractivity contribution in [1.82, 2.24) is 4.98 Å². The summed E-state index contributed by atoms with van der Waals surface area (Å²) in [5, 5.41) is 12.4. The quantitative estimate of drug-likeness (QED) is 0.256. The highest BCUT2D eigenvalue weighted by Gasteiger charge is 2.22. The van der Waals surface area contributed by atoms with Gasteiger partial charge in [0.2, 0.25) is 11.8 Å². The number of anilines is 1. The lowest BCUT2D eigenvalue weighted by atomic mass is 9.97. The molecule has 0 aliphatic carbocycles. The summed E-state index contributed by atoms with van der Waals surface area (Å²) in [4.78, 5) is 4.66. The van der Waals surface area contributed by atoms with Crippen LogP contribution in [0, 0.1) is 5.41 Å². The van der Waals surface area contributed by atoms with Gasteiger partial charge < -0.3 is 24.3 Å². The molecule has 0 radical (unpaired) electrons. The Bertz CT molecular complexity index is 1360. The molecule has 5 rings (SSSR count). The number of hydrogen-bond acceptors (Lipinski definition) is 7. The van der Waals surface area contributed by atoms with E-state index in [0.29, 0.717) is 55.9 Å². The van der Waals surface area contributed by atoms with Crippen molar-refractivity contribution in [1.29, 1.82) is 5.41 Å². The first-order valence-electron chi connectivity index (χ1n) is 12.7. The molecule has 0 bridgehead atoms. The minimum atomic E-state index is -0.279. The van der Waals surface area contributed by atoms with E-state index < -0.39 is 0 Å². The van der Waals surface area contributed by atoms with Gasteiger partial charge in [0.05, 0.1) is 24.5 Å². The van der Waals surface area contributed by atoms with Crippen LogP contribution >= 0.6 is 0 Å². The molecule has 7 nitrogen and oxygen atoms in total. The fraction of sp³-hybridized carbons (Fsp3) is 0.226. The largest absolute Gasteiger partial charge is 0.473 e. The first kappa shape index (κ1) is 25.4. The summed E-state index contributed by atoms with van der Waals surface area (Å²) in [5.41, 5.74) is 5.55. The second-order valence-corrected chi connectivity index (χ2v) is 8.89. The van der Waals surface area contributed by atoms with Gasteiger partial charge in [-0.3, -0.25) is 5.41 Å². The summed E-state index contributed by atoms with van der Waals surface area (Å²) in [6.45, 7) is 1.91. The first-order valence-corrected chi connectivity index (χ1v) is 12.7. The molecule has 1 saturated heterocycles. The summed E-state index contributed by atoms with van der Waals surface area (Å²) in [6, 6.07) is 29.4. The molecule has 1 aliphatic heterocycles. The van der Waals surface area contributed by atoms with Gasteiger partial charge in [-0.1, -0.05) is 78.9 Å². The van der Waals surface area contributed by atoms with E-state index in [0.717, 1.165) is 27.9 Å². The predicted molar refractivity (Wildman–Crippen MR) is 147 cm³/mol. The van der Waals surface area contributed by atoms with Gasteiger partial charge in [-0.05, 0) is 22.8 Å². The Morgan fingerprint density at radius 1 is 0.816 bits per heavy atom. The molecule has 7 heteroatoms. The molecule has 0 spiro atoms. The second-order valence-electron chi connectivity index (χ2n) is 8.89. The second kappa shape index (κ2) is 12.4. The molecule has 0 atom stereocenters. The maximum Gasteiger partial charge on any atom is 0.226 e. The van der Waals surface area contributed by atoms with Crippen molar-refractivity contribution in [3.63, 3.8) is 0 Å². The summed E-state index contributed by atoms with van der Waals surface area (Å²) in [5.74, 6) is 0.783. The average molecular weight is 510 g/mol. The zero-order chi connectivity index (χ0) is 26.2. The van der Waals surface area contributed by atoms with E-state index in [1.54, 1.807) is 6.07 Å². The molecule has 4 aromatic rings. The molecule has 0 unspecified atom stereocenters. The van der Waals surface area contributed by atoms with Crippen molar-refractivity contribution < 1.29 is 18.9 Å². The Hall–Kier alpha value is -4.20. The van der Waals surface area contributed by atoms with Crippen LogP contribution in [0.4, 0.5) is 5.69 Å². The van der Waals surface area contributed by atoms with E-state index in [-0.39, 0.29) is 6.29 Å². The minimum Gasteiger partial charge on any atom is -0.473 e. The highest BCUT2D eigenvalue weighted by Crippen LogP contribution is 2.30. The zero-order valence-corrected chi connectivity index (χ0v) is 21.4. The fourth-order valence-electron chi connectivity index (χ4n) is 4.39. The Morgan fingerprint density at radius 2 is 1.47 bits per heavy atom. The van der Waals surface area contributed by atoms with Crippen LogP contribution in [-0.2, 0) is 29.1 Å². The third-order valence-electron chi connectivity index (χ3n) is 6.30. The Labute approximate surface area is 222 Å². The molecule has 1 fully saturated rings. The van der Waals surface area contributed by atoms with Crippen molar-refractivity contribution >= 4 is 11.4 Å². The van der Waals surface area contributed by atoms with E-state index in [9.17, 15) is 0 Å². The van der Waals surface area contributed by atoms with Crippen molar-refractivity contribution in [2.24, 2.45) is 0 Å². The summed E-state index contributed by atoms with van der Waals surface area (Å²) >= 11 is 0. The standard InChI is InChI=1S/C31H31N3O4/c1-33-30-24(19-28-35-17-18-36-28)13-8-14-25(30)29(32)26-15-16-27(37-20-22-9-4-2-5-10-22)34-31(26)38-21-23-11-6-3-7-12-23/h2-16,28,32-33H,17-21H2,1H3.